The standard InChI is InChI=1S/C22H36O4/c1-6-21(4,5)20(24)25-8-7-19(23)26-22(14(2)3)17-10-15-9-16(12-17)13-18(22)11-15/h14-18H,6-13H2,1-5H3. The molecule has 0 aromatic carbocycles. The molecule has 0 aromatic rings. The molecule has 0 spiro atoms. The first-order valence-corrected chi connectivity index (χ1v) is 10.6. The van der Waals surface area contributed by atoms with E-state index in [4.69, 9.17) is 9.47 Å². The number of carbonyl (C=O) groups excluding carboxylic acids is 2. The van der Waals surface area contributed by atoms with Crippen molar-refractivity contribution < 1.29 is 19.1 Å². The van der Waals surface area contributed by atoms with Gasteiger partial charge in [0.1, 0.15) is 12.2 Å². The van der Waals surface area contributed by atoms with Crippen molar-refractivity contribution in [3.63, 3.8) is 0 Å². The summed E-state index contributed by atoms with van der Waals surface area (Å²) in [6.07, 6.45) is 7.15. The quantitative estimate of drug-likeness (QED) is 0.612. The van der Waals surface area contributed by atoms with Gasteiger partial charge >= 0.3 is 11.9 Å². The van der Waals surface area contributed by atoms with Crippen LogP contribution in [0.3, 0.4) is 0 Å². The van der Waals surface area contributed by atoms with Crippen molar-refractivity contribution in [2.45, 2.75) is 85.2 Å². The number of hydrogen-bond donors (Lipinski definition) is 0. The van der Waals surface area contributed by atoms with E-state index >= 15 is 0 Å². The molecule has 0 amide bonds. The molecular weight excluding hydrogens is 328 g/mol. The highest BCUT2D eigenvalue weighted by molar-refractivity contribution is 5.76. The number of esters is 2. The fourth-order valence-electron chi connectivity index (χ4n) is 5.96. The third-order valence-electron chi connectivity index (χ3n) is 7.58. The zero-order valence-electron chi connectivity index (χ0n) is 17.2. The normalized spacial score (nSPS) is 35.6. The Morgan fingerprint density at radius 2 is 1.58 bits per heavy atom. The van der Waals surface area contributed by atoms with Crippen LogP contribution >= 0.6 is 0 Å². The largest absolute Gasteiger partial charge is 0.465 e. The van der Waals surface area contributed by atoms with Gasteiger partial charge in [-0.3, -0.25) is 9.59 Å². The van der Waals surface area contributed by atoms with Crippen LogP contribution in [0.2, 0.25) is 0 Å². The van der Waals surface area contributed by atoms with Gasteiger partial charge in [-0.2, -0.15) is 0 Å². The van der Waals surface area contributed by atoms with Crippen molar-refractivity contribution in [1.29, 1.82) is 0 Å². The third kappa shape index (κ3) is 3.41. The van der Waals surface area contributed by atoms with Gasteiger partial charge in [-0.15, -0.1) is 0 Å². The molecular formula is C22H36O4. The average molecular weight is 365 g/mol. The highest BCUT2D eigenvalue weighted by atomic mass is 16.6. The lowest BCUT2D eigenvalue weighted by Crippen LogP contribution is -2.62. The van der Waals surface area contributed by atoms with Gasteiger partial charge in [-0.1, -0.05) is 20.8 Å². The molecule has 4 fully saturated rings. The molecule has 26 heavy (non-hydrogen) atoms. The molecule has 4 bridgehead atoms. The zero-order valence-corrected chi connectivity index (χ0v) is 17.2. The van der Waals surface area contributed by atoms with Crippen LogP contribution in [-0.2, 0) is 19.1 Å². The molecule has 0 N–H and O–H groups in total. The topological polar surface area (TPSA) is 52.6 Å². The van der Waals surface area contributed by atoms with Gasteiger partial charge in [0.25, 0.3) is 0 Å². The van der Waals surface area contributed by atoms with E-state index < -0.39 is 5.41 Å². The Morgan fingerprint density at radius 1 is 1.04 bits per heavy atom. The summed E-state index contributed by atoms with van der Waals surface area (Å²) in [6, 6.07) is 0. The van der Waals surface area contributed by atoms with Gasteiger partial charge in [0.05, 0.1) is 11.8 Å². The molecule has 0 saturated heterocycles. The Bertz CT molecular complexity index is 520. The molecule has 0 aliphatic heterocycles. The van der Waals surface area contributed by atoms with Crippen LogP contribution in [0.25, 0.3) is 0 Å². The molecule has 0 atom stereocenters. The molecule has 4 aliphatic rings. The first-order valence-electron chi connectivity index (χ1n) is 10.6. The van der Waals surface area contributed by atoms with Crippen molar-refractivity contribution in [2.24, 2.45) is 35.0 Å². The first-order chi connectivity index (χ1) is 12.2. The predicted molar refractivity (Wildman–Crippen MR) is 100 cm³/mol. The van der Waals surface area contributed by atoms with Crippen LogP contribution in [0, 0.1) is 35.0 Å². The molecule has 4 aliphatic carbocycles. The summed E-state index contributed by atoms with van der Waals surface area (Å²) in [6.45, 7) is 10.2. The van der Waals surface area contributed by atoms with E-state index in [1.54, 1.807) is 0 Å². The maximum Gasteiger partial charge on any atom is 0.311 e. The van der Waals surface area contributed by atoms with Crippen molar-refractivity contribution in [1.82, 2.24) is 0 Å². The molecule has 0 heterocycles. The molecule has 4 nitrogen and oxygen atoms in total. The van der Waals surface area contributed by atoms with Crippen molar-refractivity contribution in [3.8, 4) is 0 Å². The van der Waals surface area contributed by atoms with Gasteiger partial charge in [-0.25, -0.2) is 0 Å². The molecule has 0 unspecified atom stereocenters. The maximum atomic E-state index is 12.6. The average Bonchev–Trinajstić information content (AvgIpc) is 2.57. The lowest BCUT2D eigenvalue weighted by molar-refractivity contribution is -0.225. The highest BCUT2D eigenvalue weighted by Crippen LogP contribution is 2.61. The van der Waals surface area contributed by atoms with Crippen LogP contribution in [0.5, 0.6) is 0 Å². The molecule has 4 rings (SSSR count). The Balaban J connectivity index is 1.59. The fourth-order valence-corrected chi connectivity index (χ4v) is 5.96. The van der Waals surface area contributed by atoms with Gasteiger partial charge < -0.3 is 9.47 Å². The highest BCUT2D eigenvalue weighted by Gasteiger charge is 2.60. The van der Waals surface area contributed by atoms with Crippen LogP contribution < -0.4 is 0 Å². The summed E-state index contributed by atoms with van der Waals surface area (Å²) in [7, 11) is 0. The lowest BCUT2D eigenvalue weighted by Gasteiger charge is -2.61. The summed E-state index contributed by atoms with van der Waals surface area (Å²) in [5.41, 5.74) is -0.790. The van der Waals surface area contributed by atoms with Crippen LogP contribution in [-0.4, -0.2) is 24.1 Å². The molecule has 0 radical (unpaired) electrons. The van der Waals surface area contributed by atoms with Crippen LogP contribution in [0.4, 0.5) is 0 Å². The number of rotatable bonds is 7. The van der Waals surface area contributed by atoms with Crippen LogP contribution in [0.15, 0.2) is 0 Å². The summed E-state index contributed by atoms with van der Waals surface area (Å²) >= 11 is 0. The summed E-state index contributed by atoms with van der Waals surface area (Å²) in [5.74, 6) is 2.63. The zero-order chi connectivity index (χ0) is 19.1. The molecule has 4 saturated carbocycles. The second-order valence-corrected chi connectivity index (χ2v) is 9.91. The second-order valence-electron chi connectivity index (χ2n) is 9.91. The minimum atomic E-state index is -0.496. The summed E-state index contributed by atoms with van der Waals surface area (Å²) in [4.78, 5) is 24.7. The van der Waals surface area contributed by atoms with Gasteiger partial charge in [0.2, 0.25) is 0 Å². The maximum absolute atomic E-state index is 12.6. The van der Waals surface area contributed by atoms with Gasteiger partial charge in [0.15, 0.2) is 0 Å². The predicted octanol–water partition coefficient (Wildman–Crippen LogP) is 4.75. The van der Waals surface area contributed by atoms with Crippen molar-refractivity contribution in [3.05, 3.63) is 0 Å². The molecule has 148 valence electrons. The Labute approximate surface area is 158 Å². The lowest BCUT2D eigenvalue weighted by atomic mass is 9.47. The van der Waals surface area contributed by atoms with Gasteiger partial charge in [0, 0.05) is 0 Å². The van der Waals surface area contributed by atoms with E-state index in [1.807, 2.05) is 20.8 Å². The van der Waals surface area contributed by atoms with E-state index in [0.29, 0.717) is 17.8 Å². The Kier molecular flexibility index (Phi) is 5.43. The van der Waals surface area contributed by atoms with E-state index in [0.717, 1.165) is 18.3 Å². The number of hydrogen-bond acceptors (Lipinski definition) is 4. The Morgan fingerprint density at radius 3 is 2.04 bits per heavy atom. The smallest absolute Gasteiger partial charge is 0.311 e. The minimum Gasteiger partial charge on any atom is -0.465 e. The number of ether oxygens (including phenoxy) is 2. The van der Waals surface area contributed by atoms with E-state index in [2.05, 4.69) is 13.8 Å². The monoisotopic (exact) mass is 364 g/mol. The van der Waals surface area contributed by atoms with Gasteiger partial charge in [-0.05, 0) is 82.0 Å². The molecule has 0 aromatic heterocycles. The van der Waals surface area contributed by atoms with E-state index in [9.17, 15) is 9.59 Å². The van der Waals surface area contributed by atoms with E-state index in [-0.39, 0.29) is 30.6 Å². The van der Waals surface area contributed by atoms with Crippen molar-refractivity contribution in [2.75, 3.05) is 6.61 Å². The van der Waals surface area contributed by atoms with Crippen molar-refractivity contribution >= 4 is 11.9 Å². The minimum absolute atomic E-state index is 0.121. The van der Waals surface area contributed by atoms with E-state index in [1.165, 1.54) is 32.1 Å². The summed E-state index contributed by atoms with van der Waals surface area (Å²) in [5, 5.41) is 0. The first kappa shape index (κ1) is 19.7. The third-order valence-corrected chi connectivity index (χ3v) is 7.58. The second kappa shape index (κ2) is 7.16. The Hall–Kier alpha value is -1.06. The fraction of sp³-hybridized carbons (Fsp3) is 0.909. The SMILES string of the molecule is CCC(C)(C)C(=O)OCCC(=O)OC1(C(C)C)C2CC3CC(C2)CC1C3. The van der Waals surface area contributed by atoms with Crippen LogP contribution in [0.1, 0.15) is 79.6 Å². The summed E-state index contributed by atoms with van der Waals surface area (Å²) < 4.78 is 11.6. The molecule has 4 heteroatoms. The number of carbonyl (C=O) groups is 2.